The van der Waals surface area contributed by atoms with E-state index in [0.29, 0.717) is 18.9 Å². The summed E-state index contributed by atoms with van der Waals surface area (Å²) in [7, 11) is -3.04. The third kappa shape index (κ3) is 4.07. The average Bonchev–Trinajstić information content (AvgIpc) is 2.75. The topological polar surface area (TPSA) is 92.7 Å². The van der Waals surface area contributed by atoms with E-state index >= 15 is 0 Å². The number of benzene rings is 1. The van der Waals surface area contributed by atoms with Crippen LogP contribution in [0.5, 0.6) is 5.75 Å². The van der Waals surface area contributed by atoms with E-state index in [1.807, 2.05) is 0 Å². The summed E-state index contributed by atoms with van der Waals surface area (Å²) in [6.45, 7) is 0.877. The fourth-order valence-electron chi connectivity index (χ4n) is 1.81. The van der Waals surface area contributed by atoms with Crippen molar-refractivity contribution in [2.45, 2.75) is 6.04 Å². The third-order valence-electron chi connectivity index (χ3n) is 2.81. The molecule has 1 aliphatic heterocycles. The minimum atomic E-state index is -3.04. The van der Waals surface area contributed by atoms with E-state index in [0.717, 1.165) is 0 Å². The van der Waals surface area contributed by atoms with Crippen LogP contribution in [0.3, 0.4) is 0 Å². The number of carboxylic acid groups (broad SMARTS) is 1. The van der Waals surface area contributed by atoms with Gasteiger partial charge < -0.3 is 15.2 Å². The standard InChI is InChI=1S/C13H15NO5S/c15-13(16)10-1-3-12(4-2-10)19-7-6-14-11-5-8-20(17,18)9-11/h1-5,8,11,14H,6-7,9H2,(H,15,16). The highest BCUT2D eigenvalue weighted by molar-refractivity contribution is 7.94. The van der Waals surface area contributed by atoms with Crippen molar-refractivity contribution in [2.75, 3.05) is 18.9 Å². The van der Waals surface area contributed by atoms with Crippen LogP contribution in [0.25, 0.3) is 0 Å². The van der Waals surface area contributed by atoms with Gasteiger partial charge in [0.15, 0.2) is 9.84 Å². The maximum Gasteiger partial charge on any atom is 0.335 e. The average molecular weight is 297 g/mol. The summed E-state index contributed by atoms with van der Waals surface area (Å²) in [6, 6.07) is 5.94. The number of hydrogen-bond acceptors (Lipinski definition) is 5. The molecule has 2 N–H and O–H groups in total. The molecular formula is C13H15NO5S. The molecule has 108 valence electrons. The van der Waals surface area contributed by atoms with Crippen molar-refractivity contribution in [3.05, 3.63) is 41.3 Å². The molecule has 1 aliphatic rings. The summed E-state index contributed by atoms with van der Waals surface area (Å²) in [5, 5.41) is 13.0. The molecule has 0 bridgehead atoms. The first-order chi connectivity index (χ1) is 9.46. The molecular weight excluding hydrogens is 282 g/mol. The number of ether oxygens (including phenoxy) is 1. The Morgan fingerprint density at radius 3 is 2.60 bits per heavy atom. The lowest BCUT2D eigenvalue weighted by molar-refractivity contribution is 0.0697. The molecule has 0 saturated heterocycles. The first kappa shape index (κ1) is 14.5. The number of carboxylic acids is 1. The van der Waals surface area contributed by atoms with E-state index in [1.165, 1.54) is 17.5 Å². The van der Waals surface area contributed by atoms with Crippen LogP contribution in [-0.4, -0.2) is 44.4 Å². The van der Waals surface area contributed by atoms with Crippen LogP contribution in [0.2, 0.25) is 0 Å². The molecule has 0 amide bonds. The Labute approximate surface area is 117 Å². The Morgan fingerprint density at radius 2 is 2.05 bits per heavy atom. The zero-order chi connectivity index (χ0) is 14.6. The first-order valence-electron chi connectivity index (χ1n) is 6.07. The molecule has 0 aliphatic carbocycles. The maximum absolute atomic E-state index is 11.2. The molecule has 1 heterocycles. The van der Waals surface area contributed by atoms with Gasteiger partial charge >= 0.3 is 5.97 Å². The van der Waals surface area contributed by atoms with Gasteiger partial charge in [-0.2, -0.15) is 0 Å². The largest absolute Gasteiger partial charge is 0.492 e. The second-order valence-electron chi connectivity index (χ2n) is 4.40. The molecule has 1 unspecified atom stereocenters. The Balaban J connectivity index is 1.71. The van der Waals surface area contributed by atoms with Crippen LogP contribution in [0.4, 0.5) is 0 Å². The van der Waals surface area contributed by atoms with Gasteiger partial charge in [-0.25, -0.2) is 13.2 Å². The lowest BCUT2D eigenvalue weighted by Gasteiger charge is -2.11. The van der Waals surface area contributed by atoms with Crippen LogP contribution in [0.1, 0.15) is 10.4 Å². The summed E-state index contributed by atoms with van der Waals surface area (Å²) >= 11 is 0. The van der Waals surface area contributed by atoms with Gasteiger partial charge in [-0.3, -0.25) is 0 Å². The smallest absolute Gasteiger partial charge is 0.335 e. The molecule has 0 fully saturated rings. The van der Waals surface area contributed by atoms with E-state index < -0.39 is 15.8 Å². The minimum absolute atomic E-state index is 0.0836. The number of carbonyl (C=O) groups is 1. The molecule has 0 saturated carbocycles. The maximum atomic E-state index is 11.2. The second kappa shape index (κ2) is 6.06. The van der Waals surface area contributed by atoms with Gasteiger partial charge in [0.2, 0.25) is 0 Å². The van der Waals surface area contributed by atoms with Crippen molar-refractivity contribution in [3.63, 3.8) is 0 Å². The van der Waals surface area contributed by atoms with Crippen LogP contribution in [-0.2, 0) is 9.84 Å². The van der Waals surface area contributed by atoms with Gasteiger partial charge in [0.1, 0.15) is 12.4 Å². The first-order valence-corrected chi connectivity index (χ1v) is 7.78. The minimum Gasteiger partial charge on any atom is -0.492 e. The van der Waals surface area contributed by atoms with E-state index in [-0.39, 0.29) is 17.4 Å². The predicted octanol–water partition coefficient (Wildman–Crippen LogP) is 0.664. The molecule has 20 heavy (non-hydrogen) atoms. The molecule has 1 aromatic rings. The highest BCUT2D eigenvalue weighted by atomic mass is 32.2. The van der Waals surface area contributed by atoms with Crippen molar-refractivity contribution < 1.29 is 23.1 Å². The Bertz CT molecular complexity index is 606. The van der Waals surface area contributed by atoms with Gasteiger partial charge in [-0.1, -0.05) is 6.08 Å². The fraction of sp³-hybridized carbons (Fsp3) is 0.308. The van der Waals surface area contributed by atoms with E-state index in [9.17, 15) is 13.2 Å². The number of sulfone groups is 1. The van der Waals surface area contributed by atoms with E-state index in [4.69, 9.17) is 9.84 Å². The number of hydrogen-bond donors (Lipinski definition) is 2. The molecule has 7 heteroatoms. The molecule has 2 rings (SSSR count). The van der Waals surface area contributed by atoms with Crippen molar-refractivity contribution in [3.8, 4) is 5.75 Å². The lowest BCUT2D eigenvalue weighted by Crippen LogP contribution is -2.33. The lowest BCUT2D eigenvalue weighted by atomic mass is 10.2. The van der Waals surface area contributed by atoms with Gasteiger partial charge in [0.05, 0.1) is 11.3 Å². The monoisotopic (exact) mass is 297 g/mol. The summed E-state index contributed by atoms with van der Waals surface area (Å²) in [4.78, 5) is 10.7. The number of rotatable bonds is 6. The zero-order valence-corrected chi connectivity index (χ0v) is 11.5. The quantitative estimate of drug-likeness (QED) is 0.750. The van der Waals surface area contributed by atoms with E-state index in [1.54, 1.807) is 18.2 Å². The summed E-state index contributed by atoms with van der Waals surface area (Å²) in [5.74, 6) is -0.320. The van der Waals surface area contributed by atoms with Gasteiger partial charge in [0, 0.05) is 18.0 Å². The van der Waals surface area contributed by atoms with Crippen molar-refractivity contribution >= 4 is 15.8 Å². The highest BCUT2D eigenvalue weighted by Crippen LogP contribution is 2.12. The molecule has 1 atom stereocenters. The molecule has 0 spiro atoms. The zero-order valence-electron chi connectivity index (χ0n) is 10.7. The molecule has 1 aromatic carbocycles. The van der Waals surface area contributed by atoms with Crippen LogP contribution < -0.4 is 10.1 Å². The highest BCUT2D eigenvalue weighted by Gasteiger charge is 2.20. The van der Waals surface area contributed by atoms with Crippen molar-refractivity contribution in [2.24, 2.45) is 0 Å². The predicted molar refractivity (Wildman–Crippen MR) is 73.6 cm³/mol. The SMILES string of the molecule is O=C(O)c1ccc(OCCNC2C=CS(=O)(=O)C2)cc1. The van der Waals surface area contributed by atoms with E-state index in [2.05, 4.69) is 5.32 Å². The third-order valence-corrected chi connectivity index (χ3v) is 4.20. The normalized spacial score (nSPS) is 19.9. The second-order valence-corrected chi connectivity index (χ2v) is 6.33. The van der Waals surface area contributed by atoms with Gasteiger partial charge in [-0.15, -0.1) is 0 Å². The summed E-state index contributed by atoms with van der Waals surface area (Å²) in [5.41, 5.74) is 0.205. The van der Waals surface area contributed by atoms with Crippen molar-refractivity contribution in [1.29, 1.82) is 0 Å². The van der Waals surface area contributed by atoms with Crippen molar-refractivity contribution in [1.82, 2.24) is 5.32 Å². The van der Waals surface area contributed by atoms with Crippen LogP contribution in [0, 0.1) is 0 Å². The molecule has 0 radical (unpaired) electrons. The van der Waals surface area contributed by atoms with Gasteiger partial charge in [0.25, 0.3) is 0 Å². The summed E-state index contributed by atoms with van der Waals surface area (Å²) < 4.78 is 27.8. The number of aromatic carboxylic acids is 1. The van der Waals surface area contributed by atoms with Crippen LogP contribution in [0.15, 0.2) is 35.7 Å². The summed E-state index contributed by atoms with van der Waals surface area (Å²) in [6.07, 6.45) is 1.62. The number of nitrogens with one attached hydrogen (secondary N) is 1. The Hall–Kier alpha value is -1.86. The Kier molecular flexibility index (Phi) is 4.41. The Morgan fingerprint density at radius 1 is 1.35 bits per heavy atom. The molecule has 6 nitrogen and oxygen atoms in total. The van der Waals surface area contributed by atoms with Gasteiger partial charge in [-0.05, 0) is 24.3 Å². The van der Waals surface area contributed by atoms with Crippen LogP contribution >= 0.6 is 0 Å². The fourth-order valence-corrected chi connectivity index (χ4v) is 3.08. The molecule has 0 aromatic heterocycles.